The minimum atomic E-state index is -0.608. The number of rotatable bonds is 4. The SMILES string of the molecule is CCC1(C(=O)N[C@@H](C)C(N)=O)CCCN1.Cl. The van der Waals surface area contributed by atoms with E-state index >= 15 is 0 Å². The van der Waals surface area contributed by atoms with Gasteiger partial charge >= 0.3 is 0 Å². The molecule has 0 spiro atoms. The zero-order valence-corrected chi connectivity index (χ0v) is 10.5. The zero-order valence-electron chi connectivity index (χ0n) is 9.71. The lowest BCUT2D eigenvalue weighted by Gasteiger charge is -2.27. The van der Waals surface area contributed by atoms with E-state index in [1.165, 1.54) is 0 Å². The molecule has 1 unspecified atom stereocenters. The smallest absolute Gasteiger partial charge is 0.240 e. The molecule has 0 aromatic carbocycles. The first kappa shape index (κ1) is 15.2. The summed E-state index contributed by atoms with van der Waals surface area (Å²) in [5.74, 6) is -0.624. The van der Waals surface area contributed by atoms with Gasteiger partial charge in [-0.15, -0.1) is 12.4 Å². The van der Waals surface area contributed by atoms with Crippen LogP contribution in [0.15, 0.2) is 0 Å². The second-order valence-corrected chi connectivity index (χ2v) is 4.06. The largest absolute Gasteiger partial charge is 0.368 e. The topological polar surface area (TPSA) is 84.2 Å². The van der Waals surface area contributed by atoms with Gasteiger partial charge in [0.1, 0.15) is 6.04 Å². The van der Waals surface area contributed by atoms with Gasteiger partial charge < -0.3 is 16.4 Å². The van der Waals surface area contributed by atoms with E-state index in [9.17, 15) is 9.59 Å². The lowest BCUT2D eigenvalue weighted by atomic mass is 9.93. The lowest BCUT2D eigenvalue weighted by Crippen LogP contribution is -2.56. The van der Waals surface area contributed by atoms with Crippen molar-refractivity contribution in [3.8, 4) is 0 Å². The molecule has 1 fully saturated rings. The highest BCUT2D eigenvalue weighted by molar-refractivity contribution is 5.91. The predicted molar refractivity (Wildman–Crippen MR) is 64.3 cm³/mol. The molecule has 16 heavy (non-hydrogen) atoms. The maximum Gasteiger partial charge on any atom is 0.240 e. The molecule has 94 valence electrons. The molecule has 5 nitrogen and oxygen atoms in total. The summed E-state index contributed by atoms with van der Waals surface area (Å²) >= 11 is 0. The second kappa shape index (κ2) is 6.06. The molecule has 1 saturated heterocycles. The van der Waals surface area contributed by atoms with Crippen LogP contribution in [0, 0.1) is 0 Å². The van der Waals surface area contributed by atoms with Gasteiger partial charge in [-0.1, -0.05) is 6.92 Å². The fraction of sp³-hybridized carbons (Fsp3) is 0.800. The molecule has 1 aliphatic heterocycles. The summed E-state index contributed by atoms with van der Waals surface area (Å²) in [4.78, 5) is 22.8. The van der Waals surface area contributed by atoms with Crippen molar-refractivity contribution in [2.75, 3.05) is 6.54 Å². The van der Waals surface area contributed by atoms with Crippen molar-refractivity contribution in [1.82, 2.24) is 10.6 Å². The third-order valence-electron chi connectivity index (χ3n) is 3.06. The molecule has 4 N–H and O–H groups in total. The molecule has 0 bridgehead atoms. The number of carbonyl (C=O) groups excluding carboxylic acids is 2. The molecule has 0 aromatic rings. The van der Waals surface area contributed by atoms with E-state index in [0.717, 1.165) is 25.8 Å². The van der Waals surface area contributed by atoms with Gasteiger partial charge in [-0.25, -0.2) is 0 Å². The van der Waals surface area contributed by atoms with Crippen LogP contribution < -0.4 is 16.4 Å². The maximum absolute atomic E-state index is 11.9. The van der Waals surface area contributed by atoms with E-state index in [1.54, 1.807) is 6.92 Å². The van der Waals surface area contributed by atoms with Crippen LogP contribution in [0.2, 0.25) is 0 Å². The van der Waals surface area contributed by atoms with Gasteiger partial charge in [0, 0.05) is 0 Å². The zero-order chi connectivity index (χ0) is 11.5. The van der Waals surface area contributed by atoms with E-state index in [0.29, 0.717) is 0 Å². The van der Waals surface area contributed by atoms with Gasteiger partial charge in [0.15, 0.2) is 0 Å². The van der Waals surface area contributed by atoms with Crippen LogP contribution >= 0.6 is 12.4 Å². The summed E-state index contributed by atoms with van der Waals surface area (Å²) in [5, 5.41) is 5.84. The average Bonchev–Trinajstić information content (AvgIpc) is 2.66. The number of carbonyl (C=O) groups is 2. The average molecular weight is 250 g/mol. The standard InChI is InChI=1S/C10H19N3O2.ClH/c1-3-10(5-4-6-12-10)9(15)13-7(2)8(11)14;/h7,12H,3-6H2,1-2H3,(H2,11,14)(H,13,15);1H/t7-,10?;/m0./s1. The molecule has 2 amide bonds. The highest BCUT2D eigenvalue weighted by atomic mass is 35.5. The number of primary amides is 1. The molecule has 6 heteroatoms. The summed E-state index contributed by atoms with van der Waals surface area (Å²) in [7, 11) is 0. The Hall–Kier alpha value is -0.810. The van der Waals surface area contributed by atoms with Gasteiger partial charge in [-0.05, 0) is 32.7 Å². The maximum atomic E-state index is 11.9. The molecular weight excluding hydrogens is 230 g/mol. The van der Waals surface area contributed by atoms with Crippen molar-refractivity contribution in [1.29, 1.82) is 0 Å². The molecule has 1 rings (SSSR count). The number of hydrogen-bond acceptors (Lipinski definition) is 3. The summed E-state index contributed by atoms with van der Waals surface area (Å²) in [5.41, 5.74) is 4.60. The quantitative estimate of drug-likeness (QED) is 0.652. The Labute approximate surface area is 102 Å². The first-order valence-electron chi connectivity index (χ1n) is 5.37. The minimum absolute atomic E-state index is 0. The van der Waals surface area contributed by atoms with Crippen LogP contribution in [0.1, 0.15) is 33.1 Å². The Balaban J connectivity index is 0.00000225. The summed E-state index contributed by atoms with van der Waals surface area (Å²) in [6.45, 7) is 4.41. The van der Waals surface area contributed by atoms with E-state index < -0.39 is 17.5 Å². The monoisotopic (exact) mass is 249 g/mol. The Morgan fingerprint density at radius 1 is 1.56 bits per heavy atom. The molecule has 0 radical (unpaired) electrons. The fourth-order valence-electron chi connectivity index (χ4n) is 1.87. The molecule has 0 saturated carbocycles. The van der Waals surface area contributed by atoms with Crippen LogP contribution in [-0.2, 0) is 9.59 Å². The predicted octanol–water partition coefficient (Wildman–Crippen LogP) is -0.0696. The summed E-state index contributed by atoms with van der Waals surface area (Å²) < 4.78 is 0. The second-order valence-electron chi connectivity index (χ2n) is 4.06. The Morgan fingerprint density at radius 2 is 2.19 bits per heavy atom. The number of hydrogen-bond donors (Lipinski definition) is 3. The lowest BCUT2D eigenvalue weighted by molar-refractivity contribution is -0.131. The van der Waals surface area contributed by atoms with Crippen molar-refractivity contribution in [2.45, 2.75) is 44.7 Å². The van der Waals surface area contributed by atoms with E-state index in [2.05, 4.69) is 10.6 Å². The number of amides is 2. The van der Waals surface area contributed by atoms with Crippen LogP contribution in [-0.4, -0.2) is 29.9 Å². The van der Waals surface area contributed by atoms with Crippen LogP contribution in [0.3, 0.4) is 0 Å². The third kappa shape index (κ3) is 3.09. The molecular formula is C10H20ClN3O2. The van der Waals surface area contributed by atoms with Crippen molar-refractivity contribution in [2.24, 2.45) is 5.73 Å². The first-order valence-corrected chi connectivity index (χ1v) is 5.37. The van der Waals surface area contributed by atoms with Crippen LogP contribution in [0.25, 0.3) is 0 Å². The Bertz CT molecular complexity index is 265. The number of halogens is 1. The van der Waals surface area contributed by atoms with Gasteiger partial charge in [-0.2, -0.15) is 0 Å². The van der Waals surface area contributed by atoms with E-state index in [1.807, 2.05) is 6.92 Å². The highest BCUT2D eigenvalue weighted by Crippen LogP contribution is 2.23. The van der Waals surface area contributed by atoms with Gasteiger partial charge in [0.2, 0.25) is 11.8 Å². The molecule has 0 aliphatic carbocycles. The first-order chi connectivity index (χ1) is 7.02. The minimum Gasteiger partial charge on any atom is -0.368 e. The van der Waals surface area contributed by atoms with Gasteiger partial charge in [-0.3, -0.25) is 9.59 Å². The van der Waals surface area contributed by atoms with E-state index in [-0.39, 0.29) is 18.3 Å². The van der Waals surface area contributed by atoms with Crippen molar-refractivity contribution in [3.05, 3.63) is 0 Å². The third-order valence-corrected chi connectivity index (χ3v) is 3.06. The summed E-state index contributed by atoms with van der Waals surface area (Å²) in [6.07, 6.45) is 2.54. The van der Waals surface area contributed by atoms with Gasteiger partial charge in [0.05, 0.1) is 5.54 Å². The number of nitrogens with one attached hydrogen (secondary N) is 2. The summed E-state index contributed by atoms with van der Waals surface area (Å²) in [6, 6.07) is -0.608. The molecule has 1 heterocycles. The Morgan fingerprint density at radius 3 is 2.56 bits per heavy atom. The Kier molecular flexibility index (Phi) is 5.75. The van der Waals surface area contributed by atoms with Crippen molar-refractivity contribution >= 4 is 24.2 Å². The van der Waals surface area contributed by atoms with Crippen molar-refractivity contribution in [3.63, 3.8) is 0 Å². The van der Waals surface area contributed by atoms with Gasteiger partial charge in [0.25, 0.3) is 0 Å². The highest BCUT2D eigenvalue weighted by Gasteiger charge is 2.39. The van der Waals surface area contributed by atoms with E-state index in [4.69, 9.17) is 5.73 Å². The van der Waals surface area contributed by atoms with Crippen LogP contribution in [0.4, 0.5) is 0 Å². The molecule has 2 atom stereocenters. The normalized spacial score (nSPS) is 25.6. The molecule has 1 aliphatic rings. The fourth-order valence-corrected chi connectivity index (χ4v) is 1.87. The number of nitrogens with two attached hydrogens (primary N) is 1. The molecule has 0 aromatic heterocycles. The van der Waals surface area contributed by atoms with Crippen molar-refractivity contribution < 1.29 is 9.59 Å². The van der Waals surface area contributed by atoms with Crippen LogP contribution in [0.5, 0.6) is 0 Å².